The van der Waals surface area contributed by atoms with Crippen LogP contribution in [0.25, 0.3) is 0 Å². The van der Waals surface area contributed by atoms with Crippen molar-refractivity contribution in [3.8, 4) is 11.8 Å². The number of benzene rings is 1. The van der Waals surface area contributed by atoms with Gasteiger partial charge in [-0.1, -0.05) is 66.6 Å². The van der Waals surface area contributed by atoms with Crippen LogP contribution in [-0.4, -0.2) is 11.9 Å². The van der Waals surface area contributed by atoms with Crippen LogP contribution in [0.1, 0.15) is 56.9 Å². The number of ether oxygens (including phenoxy) is 1. The van der Waals surface area contributed by atoms with Crippen LogP contribution in [-0.2, 0) is 6.42 Å². The van der Waals surface area contributed by atoms with Crippen molar-refractivity contribution in [3.63, 3.8) is 0 Å². The van der Waals surface area contributed by atoms with Gasteiger partial charge in [0.15, 0.2) is 0 Å². The molecular formula is C18H26BrNO. The van der Waals surface area contributed by atoms with Crippen molar-refractivity contribution in [3.05, 3.63) is 29.8 Å². The molecule has 0 radical (unpaired) electrons. The minimum atomic E-state index is 0.468. The summed E-state index contributed by atoms with van der Waals surface area (Å²) in [5, 5.41) is 9.75. The van der Waals surface area contributed by atoms with Gasteiger partial charge in [-0.15, -0.1) is 0 Å². The zero-order valence-corrected chi connectivity index (χ0v) is 14.4. The van der Waals surface area contributed by atoms with E-state index in [4.69, 9.17) is 10.00 Å². The van der Waals surface area contributed by atoms with Gasteiger partial charge in [-0.3, -0.25) is 0 Å². The molecule has 116 valence electrons. The Bertz CT molecular complexity index is 397. The van der Waals surface area contributed by atoms with E-state index in [1.54, 1.807) is 0 Å². The molecule has 1 rings (SSSR count). The SMILES string of the molecule is N#CCc1ccc(OCCCCCCCCCCBr)cc1. The highest BCUT2D eigenvalue weighted by Gasteiger charge is 1.96. The minimum Gasteiger partial charge on any atom is -0.494 e. The van der Waals surface area contributed by atoms with E-state index in [9.17, 15) is 0 Å². The Morgan fingerprint density at radius 1 is 0.857 bits per heavy atom. The van der Waals surface area contributed by atoms with Gasteiger partial charge in [0.25, 0.3) is 0 Å². The zero-order chi connectivity index (χ0) is 15.2. The molecule has 21 heavy (non-hydrogen) atoms. The Labute approximate surface area is 137 Å². The lowest BCUT2D eigenvalue weighted by atomic mass is 10.1. The predicted octanol–water partition coefficient (Wildman–Crippen LogP) is 5.65. The standard InChI is InChI=1S/C18H26BrNO/c19-14-7-5-3-1-2-4-6-8-16-21-18-11-9-17(10-12-18)13-15-20/h9-12H,1-8,13-14,16H2. The lowest BCUT2D eigenvalue weighted by molar-refractivity contribution is 0.304. The van der Waals surface area contributed by atoms with Crippen LogP contribution in [0, 0.1) is 11.3 Å². The van der Waals surface area contributed by atoms with Crippen LogP contribution in [0.4, 0.5) is 0 Å². The highest BCUT2D eigenvalue weighted by molar-refractivity contribution is 9.09. The molecule has 0 aliphatic carbocycles. The van der Waals surface area contributed by atoms with Crippen molar-refractivity contribution >= 4 is 15.9 Å². The fraction of sp³-hybridized carbons (Fsp3) is 0.611. The Morgan fingerprint density at radius 2 is 1.43 bits per heavy atom. The van der Waals surface area contributed by atoms with Gasteiger partial charge < -0.3 is 4.74 Å². The van der Waals surface area contributed by atoms with Crippen molar-refractivity contribution in [2.45, 2.75) is 57.8 Å². The lowest BCUT2D eigenvalue weighted by Gasteiger charge is -2.06. The van der Waals surface area contributed by atoms with Crippen molar-refractivity contribution < 1.29 is 4.74 Å². The summed E-state index contributed by atoms with van der Waals surface area (Å²) in [4.78, 5) is 0. The molecule has 0 aliphatic rings. The topological polar surface area (TPSA) is 33.0 Å². The molecule has 0 atom stereocenters. The second-order valence-electron chi connectivity index (χ2n) is 5.34. The summed E-state index contributed by atoms with van der Waals surface area (Å²) in [6.45, 7) is 0.793. The minimum absolute atomic E-state index is 0.468. The molecule has 1 aromatic rings. The first-order chi connectivity index (χ1) is 10.4. The van der Waals surface area contributed by atoms with E-state index in [1.807, 2.05) is 24.3 Å². The van der Waals surface area contributed by atoms with Gasteiger partial charge in [-0.25, -0.2) is 0 Å². The molecular weight excluding hydrogens is 326 g/mol. The largest absolute Gasteiger partial charge is 0.494 e. The summed E-state index contributed by atoms with van der Waals surface area (Å²) >= 11 is 3.46. The Balaban J connectivity index is 1.95. The molecule has 3 heteroatoms. The number of hydrogen-bond acceptors (Lipinski definition) is 2. The Kier molecular flexibility index (Phi) is 10.9. The number of nitriles is 1. The first-order valence-electron chi connectivity index (χ1n) is 8.01. The van der Waals surface area contributed by atoms with E-state index in [0.29, 0.717) is 6.42 Å². The molecule has 0 N–H and O–H groups in total. The molecule has 0 spiro atoms. The third-order valence-corrected chi connectivity index (χ3v) is 4.06. The van der Waals surface area contributed by atoms with Gasteiger partial charge in [-0.2, -0.15) is 5.26 Å². The monoisotopic (exact) mass is 351 g/mol. The molecule has 0 unspecified atom stereocenters. The number of unbranched alkanes of at least 4 members (excludes halogenated alkanes) is 7. The second-order valence-corrected chi connectivity index (χ2v) is 6.14. The summed E-state index contributed by atoms with van der Waals surface area (Å²) in [6.07, 6.45) is 10.9. The van der Waals surface area contributed by atoms with Crippen LogP contribution in [0.5, 0.6) is 5.75 Å². The van der Waals surface area contributed by atoms with Gasteiger partial charge in [0.05, 0.1) is 19.1 Å². The van der Waals surface area contributed by atoms with Crippen LogP contribution in [0.15, 0.2) is 24.3 Å². The van der Waals surface area contributed by atoms with Crippen molar-refractivity contribution in [2.75, 3.05) is 11.9 Å². The van der Waals surface area contributed by atoms with Gasteiger partial charge in [0.1, 0.15) is 5.75 Å². The van der Waals surface area contributed by atoms with Crippen LogP contribution in [0.2, 0.25) is 0 Å². The van der Waals surface area contributed by atoms with Gasteiger partial charge in [0.2, 0.25) is 0 Å². The first-order valence-corrected chi connectivity index (χ1v) is 9.13. The van der Waals surface area contributed by atoms with Gasteiger partial charge >= 0.3 is 0 Å². The summed E-state index contributed by atoms with van der Waals surface area (Å²) in [5.41, 5.74) is 1.05. The number of hydrogen-bond donors (Lipinski definition) is 0. The van der Waals surface area contributed by atoms with E-state index in [1.165, 1.54) is 44.9 Å². The third-order valence-electron chi connectivity index (χ3n) is 3.50. The average Bonchev–Trinajstić information content (AvgIpc) is 2.51. The first kappa shape index (κ1) is 18.0. The maximum atomic E-state index is 8.61. The smallest absolute Gasteiger partial charge is 0.119 e. The number of nitrogens with zero attached hydrogens (tertiary/aromatic N) is 1. The fourth-order valence-electron chi connectivity index (χ4n) is 2.24. The van der Waals surface area contributed by atoms with E-state index < -0.39 is 0 Å². The van der Waals surface area contributed by atoms with Crippen LogP contribution >= 0.6 is 15.9 Å². The van der Waals surface area contributed by atoms with E-state index in [2.05, 4.69) is 22.0 Å². The summed E-state index contributed by atoms with van der Waals surface area (Å²) in [7, 11) is 0. The molecule has 0 fully saturated rings. The zero-order valence-electron chi connectivity index (χ0n) is 12.8. The highest BCUT2D eigenvalue weighted by Crippen LogP contribution is 2.14. The molecule has 0 aromatic heterocycles. The molecule has 2 nitrogen and oxygen atoms in total. The van der Waals surface area contributed by atoms with Crippen LogP contribution in [0.3, 0.4) is 0 Å². The second kappa shape index (κ2) is 12.7. The quantitative estimate of drug-likeness (QED) is 0.360. The Morgan fingerprint density at radius 3 is 2.00 bits per heavy atom. The molecule has 1 aromatic carbocycles. The highest BCUT2D eigenvalue weighted by atomic mass is 79.9. The molecule has 0 bridgehead atoms. The van der Waals surface area contributed by atoms with E-state index >= 15 is 0 Å². The van der Waals surface area contributed by atoms with Gasteiger partial charge in [0, 0.05) is 5.33 Å². The predicted molar refractivity (Wildman–Crippen MR) is 92.0 cm³/mol. The van der Waals surface area contributed by atoms with Gasteiger partial charge in [-0.05, 0) is 30.5 Å². The summed E-state index contributed by atoms with van der Waals surface area (Å²) in [5.74, 6) is 0.909. The van der Waals surface area contributed by atoms with Crippen molar-refractivity contribution in [1.82, 2.24) is 0 Å². The molecule has 0 saturated heterocycles. The van der Waals surface area contributed by atoms with Crippen molar-refractivity contribution in [2.24, 2.45) is 0 Å². The average molecular weight is 352 g/mol. The van der Waals surface area contributed by atoms with Crippen molar-refractivity contribution in [1.29, 1.82) is 5.26 Å². The number of alkyl halides is 1. The van der Waals surface area contributed by atoms with Crippen LogP contribution < -0.4 is 4.74 Å². The molecule has 0 aliphatic heterocycles. The maximum absolute atomic E-state index is 8.61. The number of halogens is 1. The molecule has 0 saturated carbocycles. The molecule has 0 heterocycles. The molecule has 0 amide bonds. The third kappa shape index (κ3) is 9.52. The fourth-order valence-corrected chi connectivity index (χ4v) is 2.64. The maximum Gasteiger partial charge on any atom is 0.119 e. The lowest BCUT2D eigenvalue weighted by Crippen LogP contribution is -1.97. The summed E-state index contributed by atoms with van der Waals surface area (Å²) < 4.78 is 5.71. The number of rotatable bonds is 12. The normalized spacial score (nSPS) is 10.3. The van der Waals surface area contributed by atoms with E-state index in [-0.39, 0.29) is 0 Å². The Hall–Kier alpha value is -1.01. The van der Waals surface area contributed by atoms with E-state index in [0.717, 1.165) is 29.7 Å². The summed E-state index contributed by atoms with van der Waals surface area (Å²) in [6, 6.07) is 9.99.